The Morgan fingerprint density at radius 2 is 1.86 bits per heavy atom. The maximum atomic E-state index is 11.7. The molecule has 0 saturated carbocycles. The zero-order chi connectivity index (χ0) is 10.5. The quantitative estimate of drug-likeness (QED) is 0.615. The van der Waals surface area contributed by atoms with Crippen molar-refractivity contribution in [1.82, 2.24) is 19.6 Å². The summed E-state index contributed by atoms with van der Waals surface area (Å²) in [6, 6.07) is 0. The normalized spacial score (nSPS) is 11.1. The van der Waals surface area contributed by atoms with E-state index in [2.05, 4.69) is 10.2 Å². The Labute approximate surface area is 79.9 Å². The Balaban J connectivity index is 3.13. The highest BCUT2D eigenvalue weighted by Crippen LogP contribution is 2.17. The molecule has 2 rings (SSSR count). The van der Waals surface area contributed by atoms with Crippen LogP contribution >= 0.6 is 0 Å². The van der Waals surface area contributed by atoms with Gasteiger partial charge in [0.05, 0.1) is 11.1 Å². The molecule has 0 radical (unpaired) electrons. The number of nitrogens with zero attached hydrogens (tertiary/aromatic N) is 4. The third-order valence-corrected chi connectivity index (χ3v) is 2.23. The van der Waals surface area contributed by atoms with Crippen LogP contribution in [-0.4, -0.2) is 19.6 Å². The molecule has 0 atom stereocenters. The molecule has 0 aliphatic heterocycles. The van der Waals surface area contributed by atoms with Crippen molar-refractivity contribution in [3.8, 4) is 0 Å². The number of hydrogen-bond donors (Lipinski definition) is 1. The molecule has 0 fully saturated rings. The van der Waals surface area contributed by atoms with Crippen LogP contribution in [0.1, 0.15) is 5.69 Å². The van der Waals surface area contributed by atoms with Crippen molar-refractivity contribution >= 4 is 16.7 Å². The van der Waals surface area contributed by atoms with E-state index in [0.717, 1.165) is 5.69 Å². The van der Waals surface area contributed by atoms with E-state index in [1.54, 1.807) is 21.0 Å². The smallest absolute Gasteiger partial charge is 0.292 e. The first-order chi connectivity index (χ1) is 6.52. The van der Waals surface area contributed by atoms with Crippen molar-refractivity contribution in [2.45, 2.75) is 6.92 Å². The van der Waals surface area contributed by atoms with Gasteiger partial charge in [-0.2, -0.15) is 10.2 Å². The lowest BCUT2D eigenvalue weighted by Gasteiger charge is -2.00. The molecule has 6 heteroatoms. The minimum Gasteiger partial charge on any atom is -0.382 e. The van der Waals surface area contributed by atoms with Crippen LogP contribution in [0.4, 0.5) is 5.82 Å². The number of rotatable bonds is 0. The van der Waals surface area contributed by atoms with Crippen LogP contribution in [0, 0.1) is 6.92 Å². The molecule has 0 spiro atoms. The van der Waals surface area contributed by atoms with Gasteiger partial charge in [0.1, 0.15) is 5.52 Å². The topological polar surface area (TPSA) is 78.7 Å². The SMILES string of the molecule is Cc1nn(C)c2c(=O)n(C)nc(N)c12. The summed E-state index contributed by atoms with van der Waals surface area (Å²) in [4.78, 5) is 11.7. The molecule has 0 unspecified atom stereocenters. The number of hydrogen-bond acceptors (Lipinski definition) is 4. The van der Waals surface area contributed by atoms with Crippen LogP contribution in [0.2, 0.25) is 0 Å². The van der Waals surface area contributed by atoms with Crippen LogP contribution in [0.25, 0.3) is 10.9 Å². The summed E-state index contributed by atoms with van der Waals surface area (Å²) in [5.74, 6) is 0.340. The number of nitrogen functional groups attached to an aromatic ring is 1. The second-order valence-corrected chi connectivity index (χ2v) is 3.25. The number of aryl methyl sites for hydroxylation is 3. The third kappa shape index (κ3) is 0.935. The van der Waals surface area contributed by atoms with Crippen molar-refractivity contribution in [1.29, 1.82) is 0 Å². The minimum absolute atomic E-state index is 0.183. The Bertz CT molecular complexity index is 565. The maximum Gasteiger partial charge on any atom is 0.292 e. The molecular formula is C8H11N5O. The average molecular weight is 193 g/mol. The first-order valence-electron chi connectivity index (χ1n) is 4.18. The summed E-state index contributed by atoms with van der Waals surface area (Å²) in [5, 5.41) is 8.69. The van der Waals surface area contributed by atoms with E-state index in [1.807, 2.05) is 0 Å². The highest BCUT2D eigenvalue weighted by atomic mass is 16.1. The van der Waals surface area contributed by atoms with E-state index < -0.39 is 0 Å². The molecule has 14 heavy (non-hydrogen) atoms. The van der Waals surface area contributed by atoms with Gasteiger partial charge in [-0.05, 0) is 6.92 Å². The molecule has 2 heterocycles. The fourth-order valence-electron chi connectivity index (χ4n) is 1.62. The van der Waals surface area contributed by atoms with Gasteiger partial charge in [-0.15, -0.1) is 0 Å². The zero-order valence-corrected chi connectivity index (χ0v) is 8.27. The van der Waals surface area contributed by atoms with Gasteiger partial charge in [0.25, 0.3) is 5.56 Å². The molecule has 2 aromatic rings. The van der Waals surface area contributed by atoms with E-state index in [-0.39, 0.29) is 5.56 Å². The summed E-state index contributed by atoms with van der Waals surface area (Å²) in [5.41, 5.74) is 6.76. The number of anilines is 1. The Morgan fingerprint density at radius 1 is 1.21 bits per heavy atom. The summed E-state index contributed by atoms with van der Waals surface area (Å²) < 4.78 is 2.75. The lowest BCUT2D eigenvalue weighted by Crippen LogP contribution is -2.22. The second-order valence-electron chi connectivity index (χ2n) is 3.25. The van der Waals surface area contributed by atoms with Crippen LogP contribution in [0.15, 0.2) is 4.79 Å². The average Bonchev–Trinajstić information content (AvgIpc) is 2.38. The molecule has 0 amide bonds. The van der Waals surface area contributed by atoms with Gasteiger partial charge in [-0.1, -0.05) is 0 Å². The minimum atomic E-state index is -0.183. The highest BCUT2D eigenvalue weighted by Gasteiger charge is 2.13. The van der Waals surface area contributed by atoms with Crippen molar-refractivity contribution in [3.05, 3.63) is 16.0 Å². The van der Waals surface area contributed by atoms with Gasteiger partial charge < -0.3 is 5.73 Å². The van der Waals surface area contributed by atoms with Crippen LogP contribution in [-0.2, 0) is 14.1 Å². The number of nitrogens with two attached hydrogens (primary N) is 1. The molecule has 74 valence electrons. The van der Waals surface area contributed by atoms with E-state index >= 15 is 0 Å². The van der Waals surface area contributed by atoms with Gasteiger partial charge in [0.2, 0.25) is 0 Å². The zero-order valence-electron chi connectivity index (χ0n) is 8.27. The Hall–Kier alpha value is -1.85. The molecular weight excluding hydrogens is 182 g/mol. The van der Waals surface area contributed by atoms with Gasteiger partial charge in [-0.25, -0.2) is 4.68 Å². The number of aromatic nitrogens is 4. The number of fused-ring (bicyclic) bond motifs is 1. The molecule has 0 bridgehead atoms. The monoisotopic (exact) mass is 193 g/mol. The molecule has 0 saturated heterocycles. The van der Waals surface area contributed by atoms with E-state index in [0.29, 0.717) is 16.7 Å². The summed E-state index contributed by atoms with van der Waals surface area (Å²) >= 11 is 0. The Kier molecular flexibility index (Phi) is 1.60. The van der Waals surface area contributed by atoms with E-state index in [9.17, 15) is 4.79 Å². The molecule has 6 nitrogen and oxygen atoms in total. The molecule has 0 aliphatic carbocycles. The molecule has 2 aromatic heterocycles. The van der Waals surface area contributed by atoms with E-state index in [4.69, 9.17) is 5.73 Å². The van der Waals surface area contributed by atoms with E-state index in [1.165, 1.54) is 9.36 Å². The maximum absolute atomic E-state index is 11.7. The van der Waals surface area contributed by atoms with Gasteiger partial charge in [0.15, 0.2) is 5.82 Å². The second kappa shape index (κ2) is 2.57. The van der Waals surface area contributed by atoms with Crippen LogP contribution in [0.5, 0.6) is 0 Å². The Morgan fingerprint density at radius 3 is 2.50 bits per heavy atom. The third-order valence-electron chi connectivity index (χ3n) is 2.23. The van der Waals surface area contributed by atoms with Crippen molar-refractivity contribution in [3.63, 3.8) is 0 Å². The fraction of sp³-hybridized carbons (Fsp3) is 0.375. The lowest BCUT2D eigenvalue weighted by molar-refractivity contribution is 0.708. The first kappa shape index (κ1) is 8.74. The van der Waals surface area contributed by atoms with Crippen molar-refractivity contribution in [2.75, 3.05) is 5.73 Å². The van der Waals surface area contributed by atoms with Crippen molar-refractivity contribution < 1.29 is 0 Å². The van der Waals surface area contributed by atoms with Gasteiger partial charge in [0, 0.05) is 14.1 Å². The molecule has 0 aromatic carbocycles. The standard InChI is InChI=1S/C8H11N5O/c1-4-5-6(12(2)10-4)8(14)13(3)11-7(5)9/h1-3H3,(H2,9,11). The summed E-state index contributed by atoms with van der Waals surface area (Å²) in [6.07, 6.45) is 0. The fourth-order valence-corrected chi connectivity index (χ4v) is 1.62. The molecule has 2 N–H and O–H groups in total. The van der Waals surface area contributed by atoms with Crippen LogP contribution in [0.3, 0.4) is 0 Å². The predicted molar refractivity (Wildman–Crippen MR) is 52.9 cm³/mol. The first-order valence-corrected chi connectivity index (χ1v) is 4.18. The summed E-state index contributed by atoms with van der Waals surface area (Å²) in [6.45, 7) is 1.81. The largest absolute Gasteiger partial charge is 0.382 e. The lowest BCUT2D eigenvalue weighted by atomic mass is 10.3. The van der Waals surface area contributed by atoms with Gasteiger partial charge >= 0.3 is 0 Å². The van der Waals surface area contributed by atoms with Crippen LogP contribution < -0.4 is 11.3 Å². The van der Waals surface area contributed by atoms with Crippen molar-refractivity contribution in [2.24, 2.45) is 14.1 Å². The molecule has 0 aliphatic rings. The highest BCUT2D eigenvalue weighted by molar-refractivity contribution is 5.89. The van der Waals surface area contributed by atoms with Gasteiger partial charge in [-0.3, -0.25) is 9.48 Å². The predicted octanol–water partition coefficient (Wildman–Crippen LogP) is -0.442. The summed E-state index contributed by atoms with van der Waals surface area (Å²) in [7, 11) is 3.29.